The molecule has 27 heavy (non-hydrogen) atoms. The number of benzene rings is 1. The van der Waals surface area contributed by atoms with E-state index in [1.807, 2.05) is 45.0 Å². The molecule has 0 saturated heterocycles. The second-order valence-corrected chi connectivity index (χ2v) is 6.43. The van der Waals surface area contributed by atoms with Gasteiger partial charge in [0.15, 0.2) is 5.82 Å². The molecular formula is C20H25N5O2. The van der Waals surface area contributed by atoms with Gasteiger partial charge in [0.25, 0.3) is 5.78 Å². The zero-order chi connectivity index (χ0) is 19.4. The summed E-state index contributed by atoms with van der Waals surface area (Å²) in [6.45, 7) is 8.49. The number of aryl methyl sites for hydroxylation is 3. The van der Waals surface area contributed by atoms with Crippen LogP contribution in [0.2, 0.25) is 0 Å². The lowest BCUT2D eigenvalue weighted by Gasteiger charge is -2.11. The largest absolute Gasteiger partial charge is 0.494 e. The molecule has 0 fully saturated rings. The third kappa shape index (κ3) is 4.24. The highest BCUT2D eigenvalue weighted by Gasteiger charge is 2.16. The second-order valence-electron chi connectivity index (χ2n) is 6.43. The average molecular weight is 367 g/mol. The Balaban J connectivity index is 1.77. The molecule has 1 amide bonds. The van der Waals surface area contributed by atoms with Crippen molar-refractivity contribution in [2.24, 2.45) is 0 Å². The maximum absolute atomic E-state index is 12.5. The number of fused-ring (bicyclic) bond motifs is 1. The SMILES string of the molecule is CCCc1nc2nc(C)c(CC(=O)Nc3ccc(OCC)cc3)c(C)n2n1. The molecule has 0 aliphatic carbocycles. The first-order valence-corrected chi connectivity index (χ1v) is 9.26. The third-order valence-electron chi connectivity index (χ3n) is 4.35. The van der Waals surface area contributed by atoms with Gasteiger partial charge in [0.05, 0.1) is 13.0 Å². The zero-order valence-corrected chi connectivity index (χ0v) is 16.2. The molecule has 0 atom stereocenters. The van der Waals surface area contributed by atoms with Crippen molar-refractivity contribution in [1.82, 2.24) is 19.6 Å². The van der Waals surface area contributed by atoms with E-state index in [1.165, 1.54) is 0 Å². The Morgan fingerprint density at radius 2 is 1.89 bits per heavy atom. The van der Waals surface area contributed by atoms with Gasteiger partial charge >= 0.3 is 0 Å². The average Bonchev–Trinajstić information content (AvgIpc) is 3.03. The molecule has 7 heteroatoms. The number of amides is 1. The summed E-state index contributed by atoms with van der Waals surface area (Å²) in [6.07, 6.45) is 2.03. The zero-order valence-electron chi connectivity index (χ0n) is 16.2. The van der Waals surface area contributed by atoms with Crippen LogP contribution in [-0.2, 0) is 17.6 Å². The quantitative estimate of drug-likeness (QED) is 0.693. The first-order valence-electron chi connectivity index (χ1n) is 9.26. The summed E-state index contributed by atoms with van der Waals surface area (Å²) in [5, 5.41) is 7.44. The van der Waals surface area contributed by atoms with Crippen LogP contribution in [0.15, 0.2) is 24.3 Å². The molecule has 7 nitrogen and oxygen atoms in total. The van der Waals surface area contributed by atoms with Crippen LogP contribution in [0, 0.1) is 13.8 Å². The van der Waals surface area contributed by atoms with Crippen LogP contribution in [0.25, 0.3) is 5.78 Å². The van der Waals surface area contributed by atoms with E-state index >= 15 is 0 Å². The van der Waals surface area contributed by atoms with Gasteiger partial charge in [-0.15, -0.1) is 5.10 Å². The summed E-state index contributed by atoms with van der Waals surface area (Å²) >= 11 is 0. The third-order valence-corrected chi connectivity index (χ3v) is 4.35. The van der Waals surface area contributed by atoms with Gasteiger partial charge in [-0.3, -0.25) is 4.79 Å². The first kappa shape index (κ1) is 18.8. The van der Waals surface area contributed by atoms with Crippen LogP contribution < -0.4 is 10.1 Å². The Labute approximate surface area is 158 Å². The van der Waals surface area contributed by atoms with Crippen LogP contribution in [0.4, 0.5) is 5.69 Å². The number of nitrogens with zero attached hydrogens (tertiary/aromatic N) is 4. The summed E-state index contributed by atoms with van der Waals surface area (Å²) in [7, 11) is 0. The van der Waals surface area contributed by atoms with Gasteiger partial charge in [-0.05, 0) is 51.5 Å². The number of hydrogen-bond donors (Lipinski definition) is 1. The van der Waals surface area contributed by atoms with E-state index in [1.54, 1.807) is 4.52 Å². The first-order chi connectivity index (χ1) is 13.0. The van der Waals surface area contributed by atoms with Crippen LogP contribution in [-0.4, -0.2) is 32.1 Å². The van der Waals surface area contributed by atoms with Gasteiger partial charge in [0, 0.05) is 29.1 Å². The van der Waals surface area contributed by atoms with E-state index in [9.17, 15) is 4.79 Å². The lowest BCUT2D eigenvalue weighted by molar-refractivity contribution is -0.115. The molecule has 0 aliphatic heterocycles. The fourth-order valence-electron chi connectivity index (χ4n) is 3.00. The Hall–Kier alpha value is -2.96. The molecule has 3 aromatic rings. The lowest BCUT2D eigenvalue weighted by atomic mass is 10.1. The molecule has 0 aliphatic rings. The van der Waals surface area contributed by atoms with Gasteiger partial charge in [-0.1, -0.05) is 6.92 Å². The molecule has 0 bridgehead atoms. The highest BCUT2D eigenvalue weighted by Crippen LogP contribution is 2.18. The predicted molar refractivity (Wildman–Crippen MR) is 104 cm³/mol. The minimum Gasteiger partial charge on any atom is -0.494 e. The molecule has 0 spiro atoms. The Bertz CT molecular complexity index is 947. The molecule has 1 N–H and O–H groups in total. The van der Waals surface area contributed by atoms with Gasteiger partial charge < -0.3 is 10.1 Å². The molecule has 0 radical (unpaired) electrons. The summed E-state index contributed by atoms with van der Waals surface area (Å²) in [5.41, 5.74) is 3.31. The summed E-state index contributed by atoms with van der Waals surface area (Å²) in [6, 6.07) is 7.35. The maximum atomic E-state index is 12.5. The van der Waals surface area contributed by atoms with Gasteiger partial charge in [-0.2, -0.15) is 4.98 Å². The molecule has 142 valence electrons. The van der Waals surface area contributed by atoms with Crippen LogP contribution in [0.3, 0.4) is 0 Å². The Morgan fingerprint density at radius 3 is 2.56 bits per heavy atom. The van der Waals surface area contributed by atoms with Crippen molar-refractivity contribution in [3.63, 3.8) is 0 Å². The van der Waals surface area contributed by atoms with E-state index in [2.05, 4.69) is 27.3 Å². The number of hydrogen-bond acceptors (Lipinski definition) is 5. The Kier molecular flexibility index (Phi) is 5.69. The monoisotopic (exact) mass is 367 g/mol. The smallest absolute Gasteiger partial charge is 0.252 e. The topological polar surface area (TPSA) is 81.4 Å². The molecule has 3 rings (SSSR count). The van der Waals surface area contributed by atoms with Crippen LogP contribution in [0.5, 0.6) is 5.75 Å². The standard InChI is InChI=1S/C20H25N5O2/c1-5-7-18-23-20-21-13(3)17(14(4)25(20)24-18)12-19(26)22-15-8-10-16(11-9-15)27-6-2/h8-11H,5-7,12H2,1-4H3,(H,22,26). The molecule has 2 heterocycles. The number of aromatic nitrogens is 4. The number of carbonyl (C=O) groups is 1. The number of nitrogens with one attached hydrogen (secondary N) is 1. The normalized spacial score (nSPS) is 11.0. The summed E-state index contributed by atoms with van der Waals surface area (Å²) in [5.74, 6) is 2.05. The summed E-state index contributed by atoms with van der Waals surface area (Å²) in [4.78, 5) is 21.5. The predicted octanol–water partition coefficient (Wildman–Crippen LogP) is 3.27. The van der Waals surface area contributed by atoms with Crippen molar-refractivity contribution < 1.29 is 9.53 Å². The van der Waals surface area contributed by atoms with Crippen molar-refractivity contribution in [2.75, 3.05) is 11.9 Å². The highest BCUT2D eigenvalue weighted by atomic mass is 16.5. The van der Waals surface area contributed by atoms with Crippen molar-refractivity contribution in [1.29, 1.82) is 0 Å². The number of anilines is 1. The van der Waals surface area contributed by atoms with E-state index in [0.717, 1.165) is 47.1 Å². The summed E-state index contributed by atoms with van der Waals surface area (Å²) < 4.78 is 7.15. The number of ether oxygens (including phenoxy) is 1. The van der Waals surface area contributed by atoms with E-state index in [-0.39, 0.29) is 12.3 Å². The van der Waals surface area contributed by atoms with E-state index < -0.39 is 0 Å². The second kappa shape index (κ2) is 8.16. The van der Waals surface area contributed by atoms with Crippen LogP contribution in [0.1, 0.15) is 43.0 Å². The van der Waals surface area contributed by atoms with E-state index in [4.69, 9.17) is 4.74 Å². The van der Waals surface area contributed by atoms with Crippen molar-refractivity contribution in [3.8, 4) is 5.75 Å². The lowest BCUT2D eigenvalue weighted by Crippen LogP contribution is -2.17. The fraction of sp³-hybridized carbons (Fsp3) is 0.400. The van der Waals surface area contributed by atoms with Gasteiger partial charge in [0.1, 0.15) is 5.75 Å². The fourth-order valence-corrected chi connectivity index (χ4v) is 3.00. The van der Waals surface area contributed by atoms with Crippen molar-refractivity contribution in [2.45, 2.75) is 47.0 Å². The molecule has 0 unspecified atom stereocenters. The molecular weight excluding hydrogens is 342 g/mol. The molecule has 2 aromatic heterocycles. The maximum Gasteiger partial charge on any atom is 0.252 e. The van der Waals surface area contributed by atoms with Gasteiger partial charge in [0.2, 0.25) is 5.91 Å². The molecule has 0 saturated carbocycles. The molecule has 1 aromatic carbocycles. The van der Waals surface area contributed by atoms with Crippen molar-refractivity contribution in [3.05, 3.63) is 47.0 Å². The van der Waals surface area contributed by atoms with Crippen LogP contribution >= 0.6 is 0 Å². The minimum atomic E-state index is -0.0968. The highest BCUT2D eigenvalue weighted by molar-refractivity contribution is 5.92. The number of rotatable bonds is 7. The number of carbonyl (C=O) groups excluding carboxylic acids is 1. The minimum absolute atomic E-state index is 0.0968. The van der Waals surface area contributed by atoms with E-state index in [0.29, 0.717) is 12.4 Å². The van der Waals surface area contributed by atoms with Crippen molar-refractivity contribution >= 4 is 17.4 Å². The Morgan fingerprint density at radius 1 is 1.15 bits per heavy atom. The van der Waals surface area contributed by atoms with Gasteiger partial charge in [-0.25, -0.2) is 9.50 Å².